The van der Waals surface area contributed by atoms with E-state index in [1.165, 1.54) is 42.2 Å². The first-order chi connectivity index (χ1) is 14.0. The van der Waals surface area contributed by atoms with E-state index < -0.39 is 11.7 Å². The number of hydrogen-bond acceptors (Lipinski definition) is 5. The molecule has 29 heavy (non-hydrogen) atoms. The zero-order chi connectivity index (χ0) is 20.8. The van der Waals surface area contributed by atoms with Crippen LogP contribution in [-0.4, -0.2) is 16.8 Å². The van der Waals surface area contributed by atoms with Gasteiger partial charge in [0.25, 0.3) is 0 Å². The van der Waals surface area contributed by atoms with Crippen LogP contribution < -0.4 is 10.2 Å². The fourth-order valence-electron chi connectivity index (χ4n) is 2.51. The maximum Gasteiger partial charge on any atom is 0.248 e. The van der Waals surface area contributed by atoms with E-state index in [2.05, 4.69) is 10.3 Å². The van der Waals surface area contributed by atoms with E-state index in [9.17, 15) is 14.0 Å². The number of anilines is 3. The average molecular weight is 406 g/mol. The van der Waals surface area contributed by atoms with E-state index in [1.54, 1.807) is 35.7 Å². The zero-order valence-electron chi connectivity index (χ0n) is 15.3. The van der Waals surface area contributed by atoms with Crippen LogP contribution in [-0.2, 0) is 9.59 Å². The molecule has 2 amide bonds. The molecular formula is C21H15FN4O2S. The van der Waals surface area contributed by atoms with Crippen LogP contribution in [0.3, 0.4) is 0 Å². The molecule has 1 N–H and O–H groups in total. The highest BCUT2D eigenvalue weighted by molar-refractivity contribution is 7.14. The Morgan fingerprint density at radius 2 is 2.03 bits per heavy atom. The van der Waals surface area contributed by atoms with E-state index in [0.717, 1.165) is 11.3 Å². The number of hydrogen-bond donors (Lipinski definition) is 1. The van der Waals surface area contributed by atoms with Gasteiger partial charge in [-0.05, 0) is 36.4 Å². The van der Waals surface area contributed by atoms with Gasteiger partial charge in [-0.1, -0.05) is 18.2 Å². The summed E-state index contributed by atoms with van der Waals surface area (Å²) in [6.07, 6.45) is 2.78. The molecule has 0 aliphatic heterocycles. The van der Waals surface area contributed by atoms with Crippen molar-refractivity contribution in [1.29, 1.82) is 5.26 Å². The summed E-state index contributed by atoms with van der Waals surface area (Å²) in [5.41, 5.74) is 1.50. The quantitative estimate of drug-likeness (QED) is 0.633. The summed E-state index contributed by atoms with van der Waals surface area (Å²) >= 11 is 1.16. The van der Waals surface area contributed by atoms with Crippen molar-refractivity contribution < 1.29 is 14.0 Å². The predicted molar refractivity (Wildman–Crippen MR) is 110 cm³/mol. The highest BCUT2D eigenvalue weighted by atomic mass is 32.1. The van der Waals surface area contributed by atoms with Gasteiger partial charge in [0.1, 0.15) is 5.82 Å². The molecule has 0 atom stereocenters. The molecule has 3 aromatic rings. The summed E-state index contributed by atoms with van der Waals surface area (Å²) in [5, 5.41) is 13.5. The topological polar surface area (TPSA) is 86.1 Å². The molecule has 0 radical (unpaired) electrons. The molecule has 0 spiro atoms. The standard InChI is InChI=1S/C21H15FN4O2S/c1-14(27)26(19-8-3-2-7-18(19)22)21-25-17(13-29-21)9-10-20(28)24-16-6-4-5-15(11-16)12-23/h2-11,13H,1H3,(H,24,28)/b10-9+. The van der Waals surface area contributed by atoms with Gasteiger partial charge in [-0.15, -0.1) is 11.3 Å². The summed E-state index contributed by atoms with van der Waals surface area (Å²) in [6.45, 7) is 1.33. The van der Waals surface area contributed by atoms with Crippen LogP contribution in [0.5, 0.6) is 0 Å². The van der Waals surface area contributed by atoms with Gasteiger partial charge >= 0.3 is 0 Å². The first-order valence-corrected chi connectivity index (χ1v) is 9.36. The second kappa shape index (κ2) is 8.91. The van der Waals surface area contributed by atoms with Crippen LogP contribution >= 0.6 is 11.3 Å². The molecule has 0 aliphatic rings. The normalized spacial score (nSPS) is 10.5. The highest BCUT2D eigenvalue weighted by Gasteiger charge is 2.20. The molecule has 0 saturated heterocycles. The summed E-state index contributed by atoms with van der Waals surface area (Å²) in [7, 11) is 0. The summed E-state index contributed by atoms with van der Waals surface area (Å²) < 4.78 is 14.1. The third kappa shape index (κ3) is 4.91. The van der Waals surface area contributed by atoms with Crippen LogP contribution in [0.15, 0.2) is 60.0 Å². The minimum absolute atomic E-state index is 0.111. The monoisotopic (exact) mass is 406 g/mol. The van der Waals surface area contributed by atoms with Gasteiger partial charge in [0, 0.05) is 24.1 Å². The Bertz CT molecular complexity index is 1130. The molecular weight excluding hydrogens is 391 g/mol. The van der Waals surface area contributed by atoms with Gasteiger partial charge in [0.05, 0.1) is 23.0 Å². The number of benzene rings is 2. The van der Waals surface area contributed by atoms with Crippen molar-refractivity contribution in [1.82, 2.24) is 4.98 Å². The lowest BCUT2D eigenvalue weighted by Crippen LogP contribution is -2.23. The molecule has 8 heteroatoms. The van der Waals surface area contributed by atoms with Crippen molar-refractivity contribution in [3.8, 4) is 6.07 Å². The fraction of sp³-hybridized carbons (Fsp3) is 0.0476. The van der Waals surface area contributed by atoms with Crippen LogP contribution in [0.4, 0.5) is 20.9 Å². The second-order valence-electron chi connectivity index (χ2n) is 5.88. The summed E-state index contributed by atoms with van der Waals surface area (Å²) in [4.78, 5) is 29.6. The molecule has 6 nitrogen and oxygen atoms in total. The molecule has 1 aromatic heterocycles. The Hall–Kier alpha value is -3.83. The van der Waals surface area contributed by atoms with E-state index in [4.69, 9.17) is 5.26 Å². The van der Waals surface area contributed by atoms with E-state index in [-0.39, 0.29) is 11.6 Å². The maximum atomic E-state index is 14.1. The number of para-hydroxylation sites is 1. The zero-order valence-corrected chi connectivity index (χ0v) is 16.1. The van der Waals surface area contributed by atoms with Crippen molar-refractivity contribution in [2.45, 2.75) is 6.92 Å². The van der Waals surface area contributed by atoms with E-state index in [1.807, 2.05) is 6.07 Å². The van der Waals surface area contributed by atoms with Gasteiger partial charge in [-0.3, -0.25) is 14.5 Å². The fourth-order valence-corrected chi connectivity index (χ4v) is 3.36. The average Bonchev–Trinajstić information content (AvgIpc) is 3.16. The van der Waals surface area contributed by atoms with Gasteiger partial charge < -0.3 is 5.32 Å². The molecule has 0 aliphatic carbocycles. The number of rotatable bonds is 5. The summed E-state index contributed by atoms with van der Waals surface area (Å²) in [6, 6.07) is 14.5. The number of carbonyl (C=O) groups excluding carboxylic acids is 2. The molecule has 3 rings (SSSR count). The van der Waals surface area contributed by atoms with Crippen molar-refractivity contribution in [2.75, 3.05) is 10.2 Å². The predicted octanol–water partition coefficient (Wildman–Crippen LogP) is 4.49. The molecule has 2 aromatic carbocycles. The Morgan fingerprint density at radius 3 is 2.76 bits per heavy atom. The Kier molecular flexibility index (Phi) is 6.12. The number of nitriles is 1. The smallest absolute Gasteiger partial charge is 0.248 e. The molecule has 1 heterocycles. The Labute approximate surface area is 170 Å². The van der Waals surface area contributed by atoms with Gasteiger partial charge in [0.2, 0.25) is 11.8 Å². The SMILES string of the molecule is CC(=O)N(c1nc(/C=C/C(=O)Nc2cccc(C#N)c2)cs1)c1ccccc1F. The number of thiazole rings is 1. The maximum absolute atomic E-state index is 14.1. The summed E-state index contributed by atoms with van der Waals surface area (Å²) in [5.74, 6) is -1.31. The van der Waals surface area contributed by atoms with Crippen molar-refractivity contribution in [2.24, 2.45) is 0 Å². The van der Waals surface area contributed by atoms with E-state index in [0.29, 0.717) is 22.1 Å². The minimum Gasteiger partial charge on any atom is -0.322 e. The number of carbonyl (C=O) groups is 2. The van der Waals surface area contributed by atoms with Gasteiger partial charge in [0.15, 0.2) is 5.13 Å². The molecule has 0 unspecified atom stereocenters. The van der Waals surface area contributed by atoms with Crippen molar-refractivity contribution >= 4 is 45.7 Å². The van der Waals surface area contributed by atoms with Crippen LogP contribution in [0.25, 0.3) is 6.08 Å². The number of nitrogens with one attached hydrogen (secondary N) is 1. The molecule has 144 valence electrons. The van der Waals surface area contributed by atoms with Crippen molar-refractivity contribution in [3.63, 3.8) is 0 Å². The number of nitrogens with zero attached hydrogens (tertiary/aromatic N) is 3. The van der Waals surface area contributed by atoms with Crippen LogP contribution in [0, 0.1) is 17.1 Å². The largest absolute Gasteiger partial charge is 0.322 e. The second-order valence-corrected chi connectivity index (χ2v) is 6.71. The van der Waals surface area contributed by atoms with Crippen LogP contribution in [0.2, 0.25) is 0 Å². The van der Waals surface area contributed by atoms with Gasteiger partial charge in [-0.25, -0.2) is 9.37 Å². The Morgan fingerprint density at radius 1 is 1.24 bits per heavy atom. The first kappa shape index (κ1) is 19.9. The third-order valence-corrected chi connectivity index (χ3v) is 4.62. The van der Waals surface area contributed by atoms with Crippen molar-refractivity contribution in [3.05, 3.63) is 77.1 Å². The minimum atomic E-state index is -0.533. The lowest BCUT2D eigenvalue weighted by molar-refractivity contribution is -0.116. The van der Waals surface area contributed by atoms with E-state index >= 15 is 0 Å². The number of amides is 2. The lowest BCUT2D eigenvalue weighted by Gasteiger charge is -2.18. The number of halogens is 1. The lowest BCUT2D eigenvalue weighted by atomic mass is 10.2. The molecule has 0 fully saturated rings. The molecule has 0 bridgehead atoms. The third-order valence-electron chi connectivity index (χ3n) is 3.77. The molecule has 0 saturated carbocycles. The Balaban J connectivity index is 1.75. The highest BCUT2D eigenvalue weighted by Crippen LogP contribution is 2.30. The first-order valence-electron chi connectivity index (χ1n) is 8.48. The number of aromatic nitrogens is 1. The van der Waals surface area contributed by atoms with Gasteiger partial charge in [-0.2, -0.15) is 5.26 Å². The van der Waals surface area contributed by atoms with Crippen LogP contribution in [0.1, 0.15) is 18.2 Å².